The molecule has 1 heterocycles. The lowest BCUT2D eigenvalue weighted by atomic mass is 10.1. The second kappa shape index (κ2) is 7.16. The molecule has 2 rings (SSSR count). The minimum Gasteiger partial charge on any atom is -0.346 e. The molecule has 1 aliphatic heterocycles. The maximum absolute atomic E-state index is 12.2. The van der Waals surface area contributed by atoms with Gasteiger partial charge in [0.2, 0.25) is 5.91 Å². The number of hydrogen-bond acceptors (Lipinski definition) is 4. The largest absolute Gasteiger partial charge is 0.405 e. The van der Waals surface area contributed by atoms with E-state index in [0.29, 0.717) is 30.5 Å². The lowest BCUT2D eigenvalue weighted by molar-refractivity contribution is -0.385. The molecule has 1 aromatic carbocycles. The summed E-state index contributed by atoms with van der Waals surface area (Å²) < 4.78 is 36.7. The van der Waals surface area contributed by atoms with Gasteiger partial charge in [-0.1, -0.05) is 12.1 Å². The van der Waals surface area contributed by atoms with Crippen molar-refractivity contribution in [2.45, 2.75) is 38.5 Å². The van der Waals surface area contributed by atoms with Crippen molar-refractivity contribution in [3.8, 4) is 0 Å². The monoisotopic (exact) mass is 345 g/mol. The first-order valence-corrected chi connectivity index (χ1v) is 7.50. The van der Waals surface area contributed by atoms with E-state index in [9.17, 15) is 28.1 Å². The topological polar surface area (TPSA) is 75.5 Å². The molecule has 0 unspecified atom stereocenters. The zero-order valence-corrected chi connectivity index (χ0v) is 13.1. The van der Waals surface area contributed by atoms with Crippen LogP contribution in [0.4, 0.5) is 18.9 Å². The smallest absolute Gasteiger partial charge is 0.346 e. The van der Waals surface area contributed by atoms with Crippen LogP contribution in [0.15, 0.2) is 18.2 Å². The van der Waals surface area contributed by atoms with Gasteiger partial charge in [0.15, 0.2) is 0 Å². The van der Waals surface area contributed by atoms with E-state index in [1.165, 1.54) is 6.07 Å². The minimum absolute atomic E-state index is 0.00947. The van der Waals surface area contributed by atoms with Crippen molar-refractivity contribution in [3.05, 3.63) is 39.4 Å². The Morgan fingerprint density at radius 1 is 1.46 bits per heavy atom. The predicted molar refractivity (Wildman–Crippen MR) is 80.3 cm³/mol. The van der Waals surface area contributed by atoms with E-state index in [2.05, 4.69) is 0 Å². The van der Waals surface area contributed by atoms with Gasteiger partial charge in [-0.05, 0) is 31.9 Å². The highest BCUT2D eigenvalue weighted by Crippen LogP contribution is 2.26. The second-order valence-corrected chi connectivity index (χ2v) is 5.78. The van der Waals surface area contributed by atoms with Crippen molar-refractivity contribution in [1.82, 2.24) is 10.2 Å². The third-order valence-corrected chi connectivity index (χ3v) is 4.12. The molecule has 0 radical (unpaired) electrons. The Bertz CT molecular complexity index is 634. The summed E-state index contributed by atoms with van der Waals surface area (Å²) in [6.07, 6.45) is -3.29. The maximum Gasteiger partial charge on any atom is 0.405 e. The fourth-order valence-electron chi connectivity index (χ4n) is 2.88. The van der Waals surface area contributed by atoms with Gasteiger partial charge in [-0.2, -0.15) is 13.2 Å². The summed E-state index contributed by atoms with van der Waals surface area (Å²) in [5, 5.41) is 12.9. The molecule has 1 fully saturated rings. The van der Waals surface area contributed by atoms with Crippen molar-refractivity contribution in [2.24, 2.45) is 0 Å². The quantitative estimate of drug-likeness (QED) is 0.657. The molecule has 9 heteroatoms. The van der Waals surface area contributed by atoms with E-state index in [0.717, 1.165) is 0 Å². The van der Waals surface area contributed by atoms with Gasteiger partial charge in [0, 0.05) is 18.2 Å². The van der Waals surface area contributed by atoms with Crippen LogP contribution in [-0.4, -0.2) is 41.0 Å². The van der Waals surface area contributed by atoms with Gasteiger partial charge >= 0.3 is 6.18 Å². The molecule has 1 N–H and O–H groups in total. The number of halogens is 3. The van der Waals surface area contributed by atoms with Crippen molar-refractivity contribution in [2.75, 3.05) is 13.1 Å². The Kier molecular flexibility index (Phi) is 5.43. The molecule has 24 heavy (non-hydrogen) atoms. The summed E-state index contributed by atoms with van der Waals surface area (Å²) >= 11 is 0. The molecular formula is C15H18F3N3O3. The molecule has 1 atom stereocenters. The standard InChI is InChI=1S/C15H18F3N3O3/c1-10-11(4-2-5-12(10)21(23)24)8-20-7-3-6-13(20)14(22)19-9-15(16,17)18/h2,4-5,13H,3,6-9H2,1H3,(H,19,22)/t13-/m1/s1. The number of carbonyl (C=O) groups excluding carboxylic acids is 1. The third kappa shape index (κ3) is 4.44. The zero-order chi connectivity index (χ0) is 17.9. The number of amides is 1. The lowest BCUT2D eigenvalue weighted by Gasteiger charge is -2.24. The van der Waals surface area contributed by atoms with Crippen LogP contribution in [0.5, 0.6) is 0 Å². The number of likely N-dealkylation sites (tertiary alicyclic amines) is 1. The minimum atomic E-state index is -4.45. The Hall–Kier alpha value is -2.16. The van der Waals surface area contributed by atoms with Gasteiger partial charge in [-0.25, -0.2) is 0 Å². The number of nitro groups is 1. The molecule has 0 bridgehead atoms. The molecular weight excluding hydrogens is 327 g/mol. The van der Waals surface area contributed by atoms with E-state index in [1.807, 2.05) is 5.32 Å². The molecule has 0 aromatic heterocycles. The number of alkyl halides is 3. The Labute approximate surface area is 136 Å². The van der Waals surface area contributed by atoms with Crippen LogP contribution in [0.2, 0.25) is 0 Å². The SMILES string of the molecule is Cc1c(CN2CCC[C@@H]2C(=O)NCC(F)(F)F)cccc1[N+](=O)[O-]. The van der Waals surface area contributed by atoms with Crippen LogP contribution in [0.25, 0.3) is 0 Å². The van der Waals surface area contributed by atoms with Gasteiger partial charge in [-0.3, -0.25) is 19.8 Å². The van der Waals surface area contributed by atoms with Crippen molar-refractivity contribution < 1.29 is 22.9 Å². The molecule has 1 saturated heterocycles. The molecule has 0 saturated carbocycles. The van der Waals surface area contributed by atoms with Crippen LogP contribution >= 0.6 is 0 Å². The molecule has 0 spiro atoms. The first-order valence-electron chi connectivity index (χ1n) is 7.50. The fraction of sp³-hybridized carbons (Fsp3) is 0.533. The lowest BCUT2D eigenvalue weighted by Crippen LogP contribution is -2.45. The van der Waals surface area contributed by atoms with Crippen LogP contribution in [0.3, 0.4) is 0 Å². The average molecular weight is 345 g/mol. The third-order valence-electron chi connectivity index (χ3n) is 4.12. The Balaban J connectivity index is 2.08. The van der Waals surface area contributed by atoms with Gasteiger partial charge < -0.3 is 5.32 Å². The molecule has 1 aliphatic rings. The molecule has 1 aromatic rings. The van der Waals surface area contributed by atoms with Crippen molar-refractivity contribution >= 4 is 11.6 Å². The second-order valence-electron chi connectivity index (χ2n) is 5.78. The van der Waals surface area contributed by atoms with E-state index in [1.54, 1.807) is 24.0 Å². The fourth-order valence-corrected chi connectivity index (χ4v) is 2.88. The number of nitrogens with one attached hydrogen (secondary N) is 1. The summed E-state index contributed by atoms with van der Waals surface area (Å²) in [5.74, 6) is -0.659. The zero-order valence-electron chi connectivity index (χ0n) is 13.1. The number of hydrogen-bond donors (Lipinski definition) is 1. The van der Waals surface area contributed by atoms with Crippen LogP contribution in [0.1, 0.15) is 24.0 Å². The molecule has 132 valence electrons. The van der Waals surface area contributed by atoms with E-state index in [-0.39, 0.29) is 12.2 Å². The number of benzene rings is 1. The van der Waals surface area contributed by atoms with E-state index in [4.69, 9.17) is 0 Å². The van der Waals surface area contributed by atoms with Gasteiger partial charge in [-0.15, -0.1) is 0 Å². The summed E-state index contributed by atoms with van der Waals surface area (Å²) in [4.78, 5) is 24.3. The summed E-state index contributed by atoms with van der Waals surface area (Å²) in [7, 11) is 0. The number of rotatable bonds is 5. The van der Waals surface area contributed by atoms with Crippen molar-refractivity contribution in [1.29, 1.82) is 0 Å². The van der Waals surface area contributed by atoms with Gasteiger partial charge in [0.05, 0.1) is 11.0 Å². The maximum atomic E-state index is 12.2. The summed E-state index contributed by atoms with van der Waals surface area (Å²) in [6, 6.07) is 4.04. The summed E-state index contributed by atoms with van der Waals surface area (Å²) in [6.45, 7) is 1.12. The first kappa shape index (κ1) is 18.2. The van der Waals surface area contributed by atoms with E-state index >= 15 is 0 Å². The number of nitrogens with zero attached hydrogens (tertiary/aromatic N) is 2. The van der Waals surface area contributed by atoms with Crippen LogP contribution in [-0.2, 0) is 11.3 Å². The van der Waals surface area contributed by atoms with Crippen LogP contribution < -0.4 is 5.32 Å². The normalized spacial score (nSPS) is 18.6. The number of carbonyl (C=O) groups is 1. The van der Waals surface area contributed by atoms with Crippen LogP contribution in [0, 0.1) is 17.0 Å². The first-order chi connectivity index (χ1) is 11.2. The average Bonchev–Trinajstić information content (AvgIpc) is 2.94. The highest BCUT2D eigenvalue weighted by molar-refractivity contribution is 5.82. The van der Waals surface area contributed by atoms with Crippen molar-refractivity contribution in [3.63, 3.8) is 0 Å². The highest BCUT2D eigenvalue weighted by atomic mass is 19.4. The van der Waals surface area contributed by atoms with Gasteiger partial charge in [0.25, 0.3) is 5.69 Å². The van der Waals surface area contributed by atoms with E-state index < -0.39 is 29.6 Å². The van der Waals surface area contributed by atoms with Gasteiger partial charge in [0.1, 0.15) is 6.54 Å². The number of nitro benzene ring substituents is 1. The molecule has 0 aliphatic carbocycles. The highest BCUT2D eigenvalue weighted by Gasteiger charge is 2.34. The predicted octanol–water partition coefficient (Wildman–Crippen LogP) is 2.55. The summed E-state index contributed by atoms with van der Waals surface area (Å²) in [5.41, 5.74) is 1.19. The molecule has 6 nitrogen and oxygen atoms in total. The Morgan fingerprint density at radius 3 is 2.79 bits per heavy atom. The molecule has 1 amide bonds. The Morgan fingerprint density at radius 2 is 2.17 bits per heavy atom.